The van der Waals surface area contributed by atoms with Crippen molar-refractivity contribution in [3.8, 4) is 5.75 Å². The van der Waals surface area contributed by atoms with Gasteiger partial charge in [-0.2, -0.15) is 0 Å². The summed E-state index contributed by atoms with van der Waals surface area (Å²) < 4.78 is 5.81. The molecule has 1 aromatic heterocycles. The minimum Gasteiger partial charge on any atom is -0.486 e. The monoisotopic (exact) mass is 394 g/mol. The molecular formula is C23H26N2O2S. The summed E-state index contributed by atoms with van der Waals surface area (Å²) in [5.74, 6) is 0.978. The molecule has 0 aliphatic rings. The van der Waals surface area contributed by atoms with E-state index in [-0.39, 0.29) is 5.91 Å². The van der Waals surface area contributed by atoms with Gasteiger partial charge in [-0.3, -0.25) is 4.79 Å². The normalized spacial score (nSPS) is 10.6. The Morgan fingerprint density at radius 3 is 2.57 bits per heavy atom. The molecule has 2 aromatic carbocycles. The fraction of sp³-hybridized carbons (Fsp3) is 0.304. The first-order valence-corrected chi connectivity index (χ1v) is 10.5. The third kappa shape index (κ3) is 5.92. The van der Waals surface area contributed by atoms with Crippen molar-refractivity contribution >= 4 is 17.2 Å². The van der Waals surface area contributed by atoms with Crippen LogP contribution in [-0.2, 0) is 24.4 Å². The van der Waals surface area contributed by atoms with Gasteiger partial charge in [-0.15, -0.1) is 11.3 Å². The van der Waals surface area contributed by atoms with Crippen LogP contribution in [0.15, 0.2) is 60.0 Å². The number of nitrogens with zero attached hydrogens (tertiary/aromatic N) is 2. The molecule has 4 nitrogen and oxygen atoms in total. The molecule has 1 amide bonds. The zero-order chi connectivity index (χ0) is 19.8. The van der Waals surface area contributed by atoms with E-state index in [9.17, 15) is 4.79 Å². The highest BCUT2D eigenvalue weighted by atomic mass is 32.1. The molecule has 1 heterocycles. The summed E-state index contributed by atoms with van der Waals surface area (Å²) in [6.45, 7) is 5.86. The fourth-order valence-electron chi connectivity index (χ4n) is 2.91. The van der Waals surface area contributed by atoms with Gasteiger partial charge in [0.1, 0.15) is 17.4 Å². The van der Waals surface area contributed by atoms with E-state index in [1.165, 1.54) is 5.56 Å². The second-order valence-electron chi connectivity index (χ2n) is 6.81. The van der Waals surface area contributed by atoms with Crippen LogP contribution in [0.5, 0.6) is 5.75 Å². The van der Waals surface area contributed by atoms with Crippen molar-refractivity contribution in [3.63, 3.8) is 0 Å². The van der Waals surface area contributed by atoms with Crippen molar-refractivity contribution in [3.05, 3.63) is 81.8 Å². The number of hydrogen-bond acceptors (Lipinski definition) is 4. The predicted octanol–water partition coefficient (Wildman–Crippen LogP) is 5.01. The lowest BCUT2D eigenvalue weighted by molar-refractivity contribution is -0.131. The molecule has 0 spiro atoms. The van der Waals surface area contributed by atoms with Crippen molar-refractivity contribution < 1.29 is 9.53 Å². The number of thiazole rings is 1. The van der Waals surface area contributed by atoms with E-state index >= 15 is 0 Å². The lowest BCUT2D eigenvalue weighted by atomic mass is 10.1. The maximum atomic E-state index is 12.7. The molecule has 3 aromatic rings. The number of carbonyl (C=O) groups is 1. The average molecular weight is 395 g/mol. The minimum absolute atomic E-state index is 0.138. The van der Waals surface area contributed by atoms with Gasteiger partial charge in [0, 0.05) is 11.9 Å². The molecule has 0 saturated heterocycles. The topological polar surface area (TPSA) is 42.4 Å². The van der Waals surface area contributed by atoms with Crippen molar-refractivity contribution in [2.24, 2.45) is 0 Å². The quantitative estimate of drug-likeness (QED) is 0.512. The summed E-state index contributed by atoms with van der Waals surface area (Å²) in [5.41, 5.74) is 3.17. The van der Waals surface area contributed by atoms with Gasteiger partial charge in [-0.05, 0) is 31.0 Å². The molecule has 0 atom stereocenters. The lowest BCUT2D eigenvalue weighted by Gasteiger charge is -2.21. The van der Waals surface area contributed by atoms with Crippen molar-refractivity contribution in [2.75, 3.05) is 6.54 Å². The molecule has 0 aliphatic carbocycles. The average Bonchev–Trinajstić information content (AvgIpc) is 3.15. The number of aromatic nitrogens is 1. The summed E-state index contributed by atoms with van der Waals surface area (Å²) in [7, 11) is 0. The lowest BCUT2D eigenvalue weighted by Crippen LogP contribution is -2.32. The molecule has 0 N–H and O–H groups in total. The summed E-state index contributed by atoms with van der Waals surface area (Å²) in [5, 5.41) is 2.94. The molecule has 0 aliphatic heterocycles. The Labute approximate surface area is 170 Å². The molecule has 28 heavy (non-hydrogen) atoms. The number of hydrogen-bond donors (Lipinski definition) is 0. The SMILES string of the molecule is CCCN(Cc1csc(COc2ccc(C)cc2)n1)C(=O)Cc1ccccc1. The number of carbonyl (C=O) groups excluding carboxylic acids is 1. The zero-order valence-electron chi connectivity index (χ0n) is 16.4. The van der Waals surface area contributed by atoms with Gasteiger partial charge in [0.2, 0.25) is 5.91 Å². The van der Waals surface area contributed by atoms with Crippen LogP contribution in [0.3, 0.4) is 0 Å². The number of ether oxygens (including phenoxy) is 1. The predicted molar refractivity (Wildman–Crippen MR) is 113 cm³/mol. The van der Waals surface area contributed by atoms with E-state index in [0.29, 0.717) is 19.6 Å². The van der Waals surface area contributed by atoms with Gasteiger partial charge in [-0.25, -0.2) is 4.98 Å². The molecule has 0 unspecified atom stereocenters. The fourth-order valence-corrected chi connectivity index (χ4v) is 3.60. The number of benzene rings is 2. The van der Waals surface area contributed by atoms with Crippen molar-refractivity contribution in [2.45, 2.75) is 39.8 Å². The van der Waals surface area contributed by atoms with Gasteiger partial charge < -0.3 is 9.64 Å². The third-order valence-electron chi connectivity index (χ3n) is 4.38. The maximum Gasteiger partial charge on any atom is 0.227 e. The number of rotatable bonds is 9. The zero-order valence-corrected chi connectivity index (χ0v) is 17.2. The highest BCUT2D eigenvalue weighted by Crippen LogP contribution is 2.17. The molecule has 0 fully saturated rings. The van der Waals surface area contributed by atoms with E-state index in [1.54, 1.807) is 11.3 Å². The Hall–Kier alpha value is -2.66. The third-order valence-corrected chi connectivity index (χ3v) is 5.25. The van der Waals surface area contributed by atoms with Gasteiger partial charge in [0.25, 0.3) is 0 Å². The smallest absolute Gasteiger partial charge is 0.227 e. The minimum atomic E-state index is 0.138. The van der Waals surface area contributed by atoms with Gasteiger partial charge >= 0.3 is 0 Å². The largest absolute Gasteiger partial charge is 0.486 e. The highest BCUT2D eigenvalue weighted by molar-refractivity contribution is 7.09. The van der Waals surface area contributed by atoms with Gasteiger partial charge in [0.15, 0.2) is 0 Å². The highest BCUT2D eigenvalue weighted by Gasteiger charge is 2.15. The summed E-state index contributed by atoms with van der Waals surface area (Å²) >= 11 is 1.57. The Bertz CT molecular complexity index is 875. The molecule has 146 valence electrons. The molecule has 0 radical (unpaired) electrons. The first kappa shape index (κ1) is 20.1. The van der Waals surface area contributed by atoms with E-state index in [2.05, 4.69) is 18.8 Å². The molecule has 0 saturated carbocycles. The van der Waals surface area contributed by atoms with Crippen LogP contribution < -0.4 is 4.74 Å². The summed E-state index contributed by atoms with van der Waals surface area (Å²) in [4.78, 5) is 19.3. The van der Waals surface area contributed by atoms with Crippen LogP contribution >= 0.6 is 11.3 Å². The number of amides is 1. The first-order valence-electron chi connectivity index (χ1n) is 9.58. The van der Waals surface area contributed by atoms with Crippen molar-refractivity contribution in [1.82, 2.24) is 9.88 Å². The standard InChI is InChI=1S/C23H26N2O2S/c1-3-13-25(23(26)14-19-7-5-4-6-8-19)15-20-17-28-22(24-20)16-27-21-11-9-18(2)10-12-21/h4-12,17H,3,13-16H2,1-2H3. The van der Waals surface area contributed by atoms with Crippen LogP contribution in [0.2, 0.25) is 0 Å². The number of aryl methyl sites for hydroxylation is 1. The Morgan fingerprint density at radius 2 is 1.86 bits per heavy atom. The maximum absolute atomic E-state index is 12.7. The second kappa shape index (κ2) is 10.0. The van der Waals surface area contributed by atoms with Crippen LogP contribution in [0.25, 0.3) is 0 Å². The van der Waals surface area contributed by atoms with Crippen LogP contribution in [0.4, 0.5) is 0 Å². The molecular weight excluding hydrogens is 368 g/mol. The Morgan fingerprint density at radius 1 is 1.11 bits per heavy atom. The van der Waals surface area contributed by atoms with E-state index in [4.69, 9.17) is 4.74 Å². The van der Waals surface area contributed by atoms with Gasteiger partial charge in [0.05, 0.1) is 18.7 Å². The molecule has 5 heteroatoms. The Balaban J connectivity index is 1.57. The first-order chi connectivity index (χ1) is 13.6. The molecule has 0 bridgehead atoms. The van der Waals surface area contributed by atoms with E-state index in [1.807, 2.05) is 64.9 Å². The van der Waals surface area contributed by atoms with Crippen LogP contribution in [0, 0.1) is 6.92 Å². The summed E-state index contributed by atoms with van der Waals surface area (Å²) in [6.07, 6.45) is 1.35. The summed E-state index contributed by atoms with van der Waals surface area (Å²) in [6, 6.07) is 17.9. The van der Waals surface area contributed by atoms with Crippen molar-refractivity contribution in [1.29, 1.82) is 0 Å². The molecule has 3 rings (SSSR count). The van der Waals surface area contributed by atoms with Crippen LogP contribution in [0.1, 0.15) is 35.2 Å². The Kier molecular flexibility index (Phi) is 7.20. The second-order valence-corrected chi connectivity index (χ2v) is 7.75. The van der Waals surface area contributed by atoms with E-state index in [0.717, 1.165) is 35.0 Å². The van der Waals surface area contributed by atoms with Crippen LogP contribution in [-0.4, -0.2) is 22.3 Å². The van der Waals surface area contributed by atoms with E-state index < -0.39 is 0 Å². The van der Waals surface area contributed by atoms with Gasteiger partial charge in [-0.1, -0.05) is 55.0 Å².